The number of hydrogen-bond donors (Lipinski definition) is 3. The van der Waals surface area contributed by atoms with Crippen molar-refractivity contribution in [2.45, 2.75) is 0 Å². The van der Waals surface area contributed by atoms with E-state index >= 15 is 0 Å². The lowest BCUT2D eigenvalue weighted by Crippen LogP contribution is -2.10. The lowest BCUT2D eigenvalue weighted by Gasteiger charge is -2.07. The van der Waals surface area contributed by atoms with Crippen LogP contribution in [-0.4, -0.2) is 17.7 Å². The molecular formula is C8H10N2O3. The fourth-order valence-electron chi connectivity index (χ4n) is 0.826. The lowest BCUT2D eigenvalue weighted by atomic mass is 10.2. The maximum absolute atomic E-state index is 10.2. The van der Waals surface area contributed by atoms with E-state index < -0.39 is 12.6 Å². The molecule has 0 unspecified atom stereocenters. The Morgan fingerprint density at radius 1 is 1.46 bits per heavy atom. The van der Waals surface area contributed by atoms with Crippen molar-refractivity contribution in [3.05, 3.63) is 18.2 Å². The molecule has 0 heterocycles. The molecular weight excluding hydrogens is 172 g/mol. The van der Waals surface area contributed by atoms with Crippen LogP contribution in [-0.2, 0) is 4.79 Å². The molecule has 0 fully saturated rings. The van der Waals surface area contributed by atoms with Crippen molar-refractivity contribution in [1.29, 1.82) is 0 Å². The average Bonchev–Trinajstić information content (AvgIpc) is 2.07. The Labute approximate surface area is 74.9 Å². The maximum Gasteiger partial charge on any atom is 0.341 e. The number of nitrogen functional groups attached to an aromatic ring is 2. The minimum atomic E-state index is -1.05. The molecule has 1 rings (SSSR count). The smallest absolute Gasteiger partial charge is 0.341 e. The van der Waals surface area contributed by atoms with Gasteiger partial charge < -0.3 is 21.3 Å². The average molecular weight is 182 g/mol. The normalized spacial score (nSPS) is 9.54. The third-order valence-electron chi connectivity index (χ3n) is 1.45. The minimum absolute atomic E-state index is 0.267. The molecule has 0 atom stereocenters. The number of hydrogen-bond acceptors (Lipinski definition) is 4. The van der Waals surface area contributed by atoms with E-state index in [0.717, 1.165) is 0 Å². The van der Waals surface area contributed by atoms with Crippen molar-refractivity contribution in [3.8, 4) is 5.75 Å². The van der Waals surface area contributed by atoms with Gasteiger partial charge in [-0.05, 0) is 12.1 Å². The summed E-state index contributed by atoms with van der Waals surface area (Å²) in [5.74, 6) is -0.760. The zero-order valence-electron chi connectivity index (χ0n) is 6.86. The van der Waals surface area contributed by atoms with Gasteiger partial charge in [0.05, 0.1) is 11.4 Å². The molecule has 5 nitrogen and oxygen atoms in total. The van der Waals surface area contributed by atoms with Gasteiger partial charge in [0.15, 0.2) is 6.61 Å². The largest absolute Gasteiger partial charge is 0.480 e. The molecule has 0 radical (unpaired) electrons. The Hall–Kier alpha value is -1.91. The van der Waals surface area contributed by atoms with Crippen LogP contribution in [0.2, 0.25) is 0 Å². The zero-order valence-corrected chi connectivity index (χ0v) is 6.86. The van der Waals surface area contributed by atoms with E-state index in [1.165, 1.54) is 0 Å². The number of rotatable bonds is 3. The van der Waals surface area contributed by atoms with Gasteiger partial charge in [0.2, 0.25) is 0 Å². The summed E-state index contributed by atoms with van der Waals surface area (Å²) in [4.78, 5) is 10.2. The van der Waals surface area contributed by atoms with Crippen LogP contribution in [0.15, 0.2) is 18.2 Å². The minimum Gasteiger partial charge on any atom is -0.480 e. The van der Waals surface area contributed by atoms with E-state index in [1.807, 2.05) is 0 Å². The second kappa shape index (κ2) is 3.66. The quantitative estimate of drug-likeness (QED) is 0.584. The summed E-state index contributed by atoms with van der Waals surface area (Å²) < 4.78 is 4.87. The van der Waals surface area contributed by atoms with Crippen molar-refractivity contribution < 1.29 is 14.6 Å². The Morgan fingerprint density at radius 3 is 2.77 bits per heavy atom. The van der Waals surface area contributed by atoms with Crippen LogP contribution in [0.5, 0.6) is 5.75 Å². The van der Waals surface area contributed by atoms with Crippen LogP contribution < -0.4 is 16.2 Å². The number of carboxylic acids is 1. The van der Waals surface area contributed by atoms with E-state index in [2.05, 4.69) is 0 Å². The second-order valence-corrected chi connectivity index (χ2v) is 2.44. The van der Waals surface area contributed by atoms with E-state index in [4.69, 9.17) is 21.3 Å². The first-order valence-electron chi connectivity index (χ1n) is 3.60. The second-order valence-electron chi connectivity index (χ2n) is 2.44. The Kier molecular flexibility index (Phi) is 2.59. The van der Waals surface area contributed by atoms with Gasteiger partial charge in [0, 0.05) is 0 Å². The standard InChI is InChI=1S/C8H10N2O3/c9-5-2-1-3-6(8(5)10)13-4-7(11)12/h1-3H,4,9-10H2,(H,11,12). The number of carboxylic acid groups (broad SMARTS) is 1. The fraction of sp³-hybridized carbons (Fsp3) is 0.125. The fourth-order valence-corrected chi connectivity index (χ4v) is 0.826. The lowest BCUT2D eigenvalue weighted by molar-refractivity contribution is -0.139. The van der Waals surface area contributed by atoms with Crippen LogP contribution in [0, 0.1) is 0 Å². The van der Waals surface area contributed by atoms with Crippen LogP contribution in [0.25, 0.3) is 0 Å². The van der Waals surface area contributed by atoms with Gasteiger partial charge in [-0.25, -0.2) is 4.79 Å². The monoisotopic (exact) mass is 182 g/mol. The van der Waals surface area contributed by atoms with Gasteiger partial charge in [0.25, 0.3) is 0 Å². The Balaban J connectivity index is 2.77. The molecule has 0 aromatic heterocycles. The molecule has 0 aliphatic carbocycles. The summed E-state index contributed by atoms with van der Waals surface area (Å²) in [6.07, 6.45) is 0. The van der Waals surface area contributed by atoms with Gasteiger partial charge >= 0.3 is 5.97 Å². The first kappa shape index (κ1) is 9.18. The number of nitrogens with two attached hydrogens (primary N) is 2. The molecule has 0 amide bonds. The molecule has 0 aliphatic heterocycles. The third kappa shape index (κ3) is 2.26. The third-order valence-corrected chi connectivity index (χ3v) is 1.45. The highest BCUT2D eigenvalue weighted by molar-refractivity contribution is 5.72. The number of para-hydroxylation sites is 1. The number of ether oxygens (including phenoxy) is 1. The number of aliphatic carboxylic acids is 1. The first-order valence-corrected chi connectivity index (χ1v) is 3.60. The summed E-state index contributed by atoms with van der Waals surface area (Å²) in [5.41, 5.74) is 11.6. The first-order chi connectivity index (χ1) is 6.11. The van der Waals surface area contributed by atoms with E-state index in [1.54, 1.807) is 18.2 Å². The van der Waals surface area contributed by atoms with Crippen molar-refractivity contribution in [2.24, 2.45) is 0 Å². The summed E-state index contributed by atoms with van der Waals surface area (Å²) in [6.45, 7) is -0.423. The van der Waals surface area contributed by atoms with Crippen molar-refractivity contribution >= 4 is 17.3 Å². The summed E-state index contributed by atoms with van der Waals surface area (Å²) in [6, 6.07) is 4.82. The predicted octanol–water partition coefficient (Wildman–Crippen LogP) is 0.314. The van der Waals surface area contributed by atoms with Gasteiger partial charge in [-0.15, -0.1) is 0 Å². The highest BCUT2D eigenvalue weighted by Gasteiger charge is 2.04. The summed E-state index contributed by atoms with van der Waals surface area (Å²) in [5, 5.41) is 8.34. The molecule has 0 spiro atoms. The summed E-state index contributed by atoms with van der Waals surface area (Å²) >= 11 is 0. The SMILES string of the molecule is Nc1cccc(OCC(=O)O)c1N. The molecule has 0 saturated heterocycles. The molecule has 0 bridgehead atoms. The highest BCUT2D eigenvalue weighted by atomic mass is 16.5. The number of anilines is 2. The maximum atomic E-state index is 10.2. The van der Waals surface area contributed by atoms with Crippen molar-refractivity contribution in [3.63, 3.8) is 0 Å². The van der Waals surface area contributed by atoms with Crippen molar-refractivity contribution in [2.75, 3.05) is 18.1 Å². The van der Waals surface area contributed by atoms with Gasteiger partial charge in [-0.2, -0.15) is 0 Å². The molecule has 0 aliphatic rings. The van der Waals surface area contributed by atoms with E-state index in [0.29, 0.717) is 11.4 Å². The highest BCUT2D eigenvalue weighted by Crippen LogP contribution is 2.26. The number of benzene rings is 1. The molecule has 0 saturated carbocycles. The molecule has 70 valence electrons. The van der Waals surface area contributed by atoms with Crippen LogP contribution in [0.3, 0.4) is 0 Å². The molecule has 1 aromatic carbocycles. The zero-order chi connectivity index (χ0) is 9.84. The van der Waals surface area contributed by atoms with Gasteiger partial charge in [0.1, 0.15) is 5.75 Å². The van der Waals surface area contributed by atoms with Crippen LogP contribution in [0.4, 0.5) is 11.4 Å². The van der Waals surface area contributed by atoms with E-state index in [9.17, 15) is 4.79 Å². The van der Waals surface area contributed by atoms with E-state index in [-0.39, 0.29) is 5.69 Å². The molecule has 13 heavy (non-hydrogen) atoms. The Bertz CT molecular complexity index is 325. The molecule has 5 N–H and O–H groups in total. The predicted molar refractivity (Wildman–Crippen MR) is 48.4 cm³/mol. The number of carbonyl (C=O) groups is 1. The molecule has 1 aromatic rings. The van der Waals surface area contributed by atoms with Crippen molar-refractivity contribution in [1.82, 2.24) is 0 Å². The van der Waals surface area contributed by atoms with Crippen LogP contribution in [0.1, 0.15) is 0 Å². The Morgan fingerprint density at radius 2 is 2.15 bits per heavy atom. The van der Waals surface area contributed by atoms with Gasteiger partial charge in [-0.3, -0.25) is 0 Å². The topological polar surface area (TPSA) is 98.6 Å². The summed E-state index contributed by atoms with van der Waals surface area (Å²) in [7, 11) is 0. The van der Waals surface area contributed by atoms with Gasteiger partial charge in [-0.1, -0.05) is 6.07 Å². The molecule has 5 heteroatoms. The van der Waals surface area contributed by atoms with Crippen LogP contribution >= 0.6 is 0 Å².